The van der Waals surface area contributed by atoms with Crippen LogP contribution in [0.4, 0.5) is 10.6 Å². The van der Waals surface area contributed by atoms with Gasteiger partial charge >= 0.3 is 6.09 Å². The topological polar surface area (TPSA) is 73.3 Å². The average molecular weight is 374 g/mol. The lowest BCUT2D eigenvalue weighted by molar-refractivity contribution is 0.0137. The number of anilines is 1. The summed E-state index contributed by atoms with van der Waals surface area (Å²) in [5, 5.41) is 3.44. The Bertz CT molecular complexity index is 712. The monoisotopic (exact) mass is 374 g/mol. The fourth-order valence-corrected chi connectivity index (χ4v) is 3.22. The van der Waals surface area contributed by atoms with Crippen molar-refractivity contribution >= 4 is 17.9 Å². The van der Waals surface area contributed by atoms with Gasteiger partial charge in [0.05, 0.1) is 12.6 Å². The van der Waals surface area contributed by atoms with E-state index in [1.807, 2.05) is 52.0 Å². The standard InChI is InChI=1S/C19H30N6O2/c1-19(2,3)27-18(26)24-8-9-25-15(13-24)12-22-17(25)21-11-14-6-7-20-16(10-14)23(4)5/h6-7,10,15H,8-9,11-13H2,1-5H3,(H,21,22). The Labute approximate surface area is 161 Å². The molecule has 0 aliphatic carbocycles. The van der Waals surface area contributed by atoms with E-state index in [0.29, 0.717) is 26.2 Å². The van der Waals surface area contributed by atoms with Crippen molar-refractivity contribution in [1.82, 2.24) is 20.1 Å². The van der Waals surface area contributed by atoms with E-state index in [1.165, 1.54) is 0 Å². The minimum atomic E-state index is -0.469. The molecule has 2 aliphatic rings. The Hall–Kier alpha value is -2.51. The van der Waals surface area contributed by atoms with E-state index in [4.69, 9.17) is 4.74 Å². The molecular formula is C19H30N6O2. The maximum atomic E-state index is 12.3. The zero-order valence-electron chi connectivity index (χ0n) is 16.9. The summed E-state index contributed by atoms with van der Waals surface area (Å²) in [5.41, 5.74) is 0.690. The van der Waals surface area contributed by atoms with E-state index in [2.05, 4.69) is 26.3 Å². The van der Waals surface area contributed by atoms with Gasteiger partial charge in [0, 0.05) is 46.5 Å². The van der Waals surface area contributed by atoms with Gasteiger partial charge in [-0.15, -0.1) is 0 Å². The van der Waals surface area contributed by atoms with Gasteiger partial charge in [0.15, 0.2) is 5.96 Å². The summed E-state index contributed by atoms with van der Waals surface area (Å²) in [7, 11) is 3.96. The van der Waals surface area contributed by atoms with Crippen LogP contribution >= 0.6 is 0 Å². The molecule has 0 aromatic carbocycles. The van der Waals surface area contributed by atoms with Crippen molar-refractivity contribution < 1.29 is 9.53 Å². The molecule has 1 saturated heterocycles. The number of aromatic nitrogens is 1. The number of guanidine groups is 1. The second-order valence-electron chi connectivity index (χ2n) is 8.21. The van der Waals surface area contributed by atoms with Gasteiger partial charge < -0.3 is 24.8 Å². The summed E-state index contributed by atoms with van der Waals surface area (Å²) < 4.78 is 5.49. The summed E-state index contributed by atoms with van der Waals surface area (Å²) >= 11 is 0. The highest BCUT2D eigenvalue weighted by atomic mass is 16.6. The van der Waals surface area contributed by atoms with Crippen LogP contribution in [0, 0.1) is 0 Å². The molecule has 1 fully saturated rings. The van der Waals surface area contributed by atoms with E-state index in [9.17, 15) is 4.79 Å². The fourth-order valence-electron chi connectivity index (χ4n) is 3.22. The number of nitrogens with zero attached hydrogens (tertiary/aromatic N) is 5. The summed E-state index contributed by atoms with van der Waals surface area (Å²) in [6.45, 7) is 9.11. The van der Waals surface area contributed by atoms with Gasteiger partial charge in [-0.3, -0.25) is 4.99 Å². The van der Waals surface area contributed by atoms with Gasteiger partial charge in [-0.2, -0.15) is 0 Å². The zero-order chi connectivity index (χ0) is 19.6. The van der Waals surface area contributed by atoms with E-state index in [1.54, 1.807) is 4.90 Å². The molecule has 3 rings (SSSR count). The predicted octanol–water partition coefficient (Wildman–Crippen LogP) is 1.53. The first-order valence-corrected chi connectivity index (χ1v) is 9.38. The third-order valence-electron chi connectivity index (χ3n) is 4.58. The molecule has 1 aromatic rings. The third kappa shape index (κ3) is 4.81. The lowest BCUT2D eigenvalue weighted by Gasteiger charge is -2.39. The maximum absolute atomic E-state index is 12.3. The van der Waals surface area contributed by atoms with E-state index in [0.717, 1.165) is 23.9 Å². The minimum absolute atomic E-state index is 0.212. The maximum Gasteiger partial charge on any atom is 0.410 e. The van der Waals surface area contributed by atoms with Gasteiger partial charge in [-0.1, -0.05) is 0 Å². The molecule has 1 N–H and O–H groups in total. The molecule has 148 valence electrons. The number of rotatable bonds is 3. The molecule has 0 bridgehead atoms. The number of fused-ring (bicyclic) bond motifs is 1. The molecule has 1 atom stereocenters. The Morgan fingerprint density at radius 3 is 2.85 bits per heavy atom. The lowest BCUT2D eigenvalue weighted by Crippen LogP contribution is -2.57. The van der Waals surface area contributed by atoms with Crippen molar-refractivity contribution in [2.75, 3.05) is 45.2 Å². The SMILES string of the molecule is CN(C)c1cc(CNC2=NCC3CN(C(=O)OC(C)(C)C)CCN23)ccn1. The first-order chi connectivity index (χ1) is 12.7. The number of piperazine rings is 1. The highest BCUT2D eigenvalue weighted by Gasteiger charge is 2.36. The Kier molecular flexibility index (Phi) is 5.43. The van der Waals surface area contributed by atoms with Crippen molar-refractivity contribution in [2.24, 2.45) is 4.99 Å². The van der Waals surface area contributed by atoms with Gasteiger partial charge in [0.2, 0.25) is 0 Å². The fraction of sp³-hybridized carbons (Fsp3) is 0.632. The van der Waals surface area contributed by atoms with Crippen LogP contribution in [0.25, 0.3) is 0 Å². The summed E-state index contributed by atoms with van der Waals surface area (Å²) in [5.74, 6) is 1.85. The number of carbonyl (C=O) groups is 1. The van der Waals surface area contributed by atoms with Crippen LogP contribution in [0.5, 0.6) is 0 Å². The second-order valence-corrected chi connectivity index (χ2v) is 8.21. The van der Waals surface area contributed by atoms with Crippen molar-refractivity contribution in [1.29, 1.82) is 0 Å². The smallest absolute Gasteiger partial charge is 0.410 e. The highest BCUT2D eigenvalue weighted by Crippen LogP contribution is 2.19. The number of amides is 1. The van der Waals surface area contributed by atoms with Gasteiger partial charge in [-0.25, -0.2) is 9.78 Å². The highest BCUT2D eigenvalue weighted by molar-refractivity contribution is 5.82. The number of ether oxygens (including phenoxy) is 1. The number of pyridine rings is 1. The molecule has 8 heteroatoms. The Morgan fingerprint density at radius 2 is 2.15 bits per heavy atom. The molecular weight excluding hydrogens is 344 g/mol. The minimum Gasteiger partial charge on any atom is -0.444 e. The first kappa shape index (κ1) is 19.3. The molecule has 0 radical (unpaired) electrons. The molecule has 27 heavy (non-hydrogen) atoms. The molecule has 3 heterocycles. The van der Waals surface area contributed by atoms with Crippen LogP contribution in [0.15, 0.2) is 23.3 Å². The average Bonchev–Trinajstić information content (AvgIpc) is 3.01. The quantitative estimate of drug-likeness (QED) is 0.865. The molecule has 1 unspecified atom stereocenters. The molecule has 1 amide bonds. The van der Waals surface area contributed by atoms with Gasteiger partial charge in [0.25, 0.3) is 0 Å². The Morgan fingerprint density at radius 1 is 1.37 bits per heavy atom. The van der Waals surface area contributed by atoms with Crippen LogP contribution < -0.4 is 10.2 Å². The predicted molar refractivity (Wildman–Crippen MR) is 106 cm³/mol. The van der Waals surface area contributed by atoms with Crippen molar-refractivity contribution in [2.45, 2.75) is 39.0 Å². The van der Waals surface area contributed by atoms with Crippen molar-refractivity contribution in [3.05, 3.63) is 23.9 Å². The van der Waals surface area contributed by atoms with Crippen LogP contribution in [0.1, 0.15) is 26.3 Å². The number of carbonyl (C=O) groups excluding carboxylic acids is 1. The van der Waals surface area contributed by atoms with Crippen LogP contribution in [-0.4, -0.2) is 78.8 Å². The number of aliphatic imine (C=N–C) groups is 1. The molecule has 1 aromatic heterocycles. The summed E-state index contributed by atoms with van der Waals surface area (Å²) in [6, 6.07) is 4.29. The first-order valence-electron chi connectivity index (χ1n) is 9.38. The van der Waals surface area contributed by atoms with E-state index in [-0.39, 0.29) is 12.1 Å². The van der Waals surface area contributed by atoms with Gasteiger partial charge in [0.1, 0.15) is 11.4 Å². The zero-order valence-corrected chi connectivity index (χ0v) is 16.9. The van der Waals surface area contributed by atoms with E-state index < -0.39 is 5.60 Å². The molecule has 0 spiro atoms. The molecule has 0 saturated carbocycles. The Balaban J connectivity index is 1.53. The van der Waals surface area contributed by atoms with E-state index >= 15 is 0 Å². The van der Waals surface area contributed by atoms with Crippen molar-refractivity contribution in [3.63, 3.8) is 0 Å². The summed E-state index contributed by atoms with van der Waals surface area (Å²) in [4.78, 5) is 27.3. The van der Waals surface area contributed by atoms with Crippen molar-refractivity contribution in [3.8, 4) is 0 Å². The normalized spacial score (nSPS) is 19.4. The van der Waals surface area contributed by atoms with Gasteiger partial charge in [-0.05, 0) is 38.5 Å². The van der Waals surface area contributed by atoms with Crippen LogP contribution in [0.2, 0.25) is 0 Å². The molecule has 2 aliphatic heterocycles. The van der Waals surface area contributed by atoms with Crippen LogP contribution in [0.3, 0.4) is 0 Å². The third-order valence-corrected chi connectivity index (χ3v) is 4.58. The summed E-state index contributed by atoms with van der Waals surface area (Å²) in [6.07, 6.45) is 1.59. The van der Waals surface area contributed by atoms with Crippen LogP contribution in [-0.2, 0) is 11.3 Å². The number of hydrogen-bond donors (Lipinski definition) is 1. The second kappa shape index (κ2) is 7.62. The molecule has 8 nitrogen and oxygen atoms in total. The largest absolute Gasteiger partial charge is 0.444 e. The lowest BCUT2D eigenvalue weighted by atomic mass is 10.2. The number of nitrogens with one attached hydrogen (secondary N) is 1. The number of hydrogen-bond acceptors (Lipinski definition) is 7.